The Kier molecular flexibility index (Phi) is 5.36. The molecule has 0 radical (unpaired) electrons. The van der Waals surface area contributed by atoms with Crippen LogP contribution < -0.4 is 0 Å². The van der Waals surface area contributed by atoms with E-state index in [9.17, 15) is 4.79 Å². The van der Waals surface area contributed by atoms with Crippen molar-refractivity contribution in [1.29, 1.82) is 5.26 Å². The van der Waals surface area contributed by atoms with E-state index in [-0.39, 0.29) is 11.8 Å². The topological polar surface area (TPSA) is 40.9 Å². The molecule has 0 aromatic heterocycles. The Morgan fingerprint density at radius 3 is 2.33 bits per heavy atom. The lowest BCUT2D eigenvalue weighted by molar-refractivity contribution is -0.112. The minimum absolute atomic E-state index is 0.0719. The number of carbonyl (C=O) groups excluding carboxylic acids is 1. The third kappa shape index (κ3) is 3.52. The highest BCUT2D eigenvalue weighted by molar-refractivity contribution is 5.54. The number of aldehydes is 1. The molecular weight excluding hydrogens is 150 g/mol. The fourth-order valence-electron chi connectivity index (χ4n) is 1.31. The number of carbonyl (C=O) groups is 1. The molecule has 2 atom stereocenters. The van der Waals surface area contributed by atoms with E-state index in [0.29, 0.717) is 5.92 Å². The molecule has 0 aromatic carbocycles. The van der Waals surface area contributed by atoms with Crippen LogP contribution in [0.25, 0.3) is 0 Å². The third-order valence-electron chi connectivity index (χ3n) is 2.05. The monoisotopic (exact) mass is 167 g/mol. The molecule has 0 saturated heterocycles. The summed E-state index contributed by atoms with van der Waals surface area (Å²) < 4.78 is 0. The van der Waals surface area contributed by atoms with Crippen LogP contribution in [0.15, 0.2) is 0 Å². The second-order valence-electron chi connectivity index (χ2n) is 3.57. The molecule has 2 unspecified atom stereocenters. The minimum atomic E-state index is -0.0903. The molecule has 68 valence electrons. The predicted molar refractivity (Wildman–Crippen MR) is 48.4 cm³/mol. The normalized spacial score (nSPS) is 15.2. The van der Waals surface area contributed by atoms with Crippen LogP contribution in [0.2, 0.25) is 0 Å². The summed E-state index contributed by atoms with van der Waals surface area (Å²) in [6.45, 7) is 6.09. The first-order valence-corrected chi connectivity index (χ1v) is 4.50. The highest BCUT2D eigenvalue weighted by Crippen LogP contribution is 2.20. The maximum absolute atomic E-state index is 10.6. The van der Waals surface area contributed by atoms with Crippen LogP contribution in [0.3, 0.4) is 0 Å². The van der Waals surface area contributed by atoms with Gasteiger partial charge in [-0.3, -0.25) is 0 Å². The van der Waals surface area contributed by atoms with E-state index in [0.717, 1.165) is 19.1 Å². The van der Waals surface area contributed by atoms with Gasteiger partial charge in [0.1, 0.15) is 6.29 Å². The molecule has 0 aliphatic rings. The van der Waals surface area contributed by atoms with Crippen molar-refractivity contribution in [3.63, 3.8) is 0 Å². The van der Waals surface area contributed by atoms with Crippen LogP contribution >= 0.6 is 0 Å². The van der Waals surface area contributed by atoms with Crippen molar-refractivity contribution in [3.8, 4) is 6.07 Å². The zero-order valence-electron chi connectivity index (χ0n) is 8.08. The summed E-state index contributed by atoms with van der Waals surface area (Å²) in [4.78, 5) is 10.6. The van der Waals surface area contributed by atoms with Gasteiger partial charge in [0.25, 0.3) is 0 Å². The highest BCUT2D eigenvalue weighted by atomic mass is 16.1. The van der Waals surface area contributed by atoms with Crippen molar-refractivity contribution in [3.05, 3.63) is 0 Å². The zero-order valence-corrected chi connectivity index (χ0v) is 8.08. The second kappa shape index (κ2) is 5.77. The van der Waals surface area contributed by atoms with Gasteiger partial charge >= 0.3 is 0 Å². The third-order valence-corrected chi connectivity index (χ3v) is 2.05. The Labute approximate surface area is 74.6 Å². The molecule has 0 bridgehead atoms. The number of hydrogen-bond donors (Lipinski definition) is 0. The molecule has 12 heavy (non-hydrogen) atoms. The van der Waals surface area contributed by atoms with Gasteiger partial charge in [-0.25, -0.2) is 0 Å². The average molecular weight is 167 g/mol. The van der Waals surface area contributed by atoms with E-state index in [1.54, 1.807) is 0 Å². The van der Waals surface area contributed by atoms with E-state index in [4.69, 9.17) is 5.26 Å². The van der Waals surface area contributed by atoms with Gasteiger partial charge in [0, 0.05) is 5.92 Å². The molecule has 2 heteroatoms. The summed E-state index contributed by atoms with van der Waals surface area (Å²) >= 11 is 0. The van der Waals surface area contributed by atoms with Crippen LogP contribution in [-0.2, 0) is 4.79 Å². The van der Waals surface area contributed by atoms with Gasteiger partial charge < -0.3 is 4.79 Å². The molecule has 0 saturated carbocycles. The SMILES string of the molecule is CCC(C=O)C(C#N)CC(C)C. The first-order valence-electron chi connectivity index (χ1n) is 4.50. The molecule has 0 amide bonds. The maximum atomic E-state index is 10.6. The lowest BCUT2D eigenvalue weighted by atomic mass is 9.86. The maximum Gasteiger partial charge on any atom is 0.124 e. The van der Waals surface area contributed by atoms with E-state index < -0.39 is 0 Å². The van der Waals surface area contributed by atoms with Crippen molar-refractivity contribution in [2.45, 2.75) is 33.6 Å². The van der Waals surface area contributed by atoms with Crippen LogP contribution in [-0.4, -0.2) is 6.29 Å². The largest absolute Gasteiger partial charge is 0.303 e. The number of nitriles is 1. The van der Waals surface area contributed by atoms with Crippen LogP contribution in [0, 0.1) is 29.1 Å². The van der Waals surface area contributed by atoms with Crippen molar-refractivity contribution < 1.29 is 4.79 Å². The molecule has 0 rings (SSSR count). The fourth-order valence-corrected chi connectivity index (χ4v) is 1.31. The van der Waals surface area contributed by atoms with Crippen molar-refractivity contribution >= 4 is 6.29 Å². The second-order valence-corrected chi connectivity index (χ2v) is 3.57. The van der Waals surface area contributed by atoms with Gasteiger partial charge in [-0.2, -0.15) is 5.26 Å². The van der Waals surface area contributed by atoms with Crippen LogP contribution in [0.1, 0.15) is 33.6 Å². The Morgan fingerprint density at radius 1 is 1.50 bits per heavy atom. The smallest absolute Gasteiger partial charge is 0.124 e. The van der Waals surface area contributed by atoms with E-state index in [1.807, 2.05) is 6.92 Å². The number of rotatable bonds is 5. The molecule has 0 spiro atoms. The first kappa shape index (κ1) is 11.2. The molecule has 0 aliphatic heterocycles. The van der Waals surface area contributed by atoms with Gasteiger partial charge in [0.15, 0.2) is 0 Å². The van der Waals surface area contributed by atoms with Crippen molar-refractivity contribution in [2.75, 3.05) is 0 Å². The average Bonchev–Trinajstić information content (AvgIpc) is 2.04. The van der Waals surface area contributed by atoms with Gasteiger partial charge in [0.2, 0.25) is 0 Å². The van der Waals surface area contributed by atoms with Crippen LogP contribution in [0.4, 0.5) is 0 Å². The summed E-state index contributed by atoms with van der Waals surface area (Å²) in [5, 5.41) is 8.80. The fraction of sp³-hybridized carbons (Fsp3) is 0.800. The molecule has 0 heterocycles. The van der Waals surface area contributed by atoms with E-state index in [2.05, 4.69) is 19.9 Å². The summed E-state index contributed by atoms with van der Waals surface area (Å²) in [5.41, 5.74) is 0. The standard InChI is InChI=1S/C10H17NO/c1-4-9(7-12)10(6-11)5-8(2)3/h7-10H,4-5H2,1-3H3. The molecular formula is C10H17NO. The first-order chi connectivity index (χ1) is 5.65. The van der Waals surface area contributed by atoms with Crippen molar-refractivity contribution in [2.24, 2.45) is 17.8 Å². The minimum Gasteiger partial charge on any atom is -0.303 e. The number of nitrogens with zero attached hydrogens (tertiary/aromatic N) is 1. The van der Waals surface area contributed by atoms with Crippen LogP contribution in [0.5, 0.6) is 0 Å². The highest BCUT2D eigenvalue weighted by Gasteiger charge is 2.19. The van der Waals surface area contributed by atoms with Gasteiger partial charge in [-0.1, -0.05) is 20.8 Å². The van der Waals surface area contributed by atoms with E-state index >= 15 is 0 Å². The Balaban J connectivity index is 4.13. The summed E-state index contributed by atoms with van der Waals surface area (Å²) in [5.74, 6) is 0.327. The van der Waals surface area contributed by atoms with Gasteiger partial charge in [-0.15, -0.1) is 0 Å². The Bertz CT molecular complexity index is 169. The Hall–Kier alpha value is -0.840. The predicted octanol–water partition coefficient (Wildman–Crippen LogP) is 2.40. The molecule has 0 aromatic rings. The summed E-state index contributed by atoms with van der Waals surface area (Å²) in [6, 6.07) is 2.20. The van der Waals surface area contributed by atoms with E-state index in [1.165, 1.54) is 0 Å². The van der Waals surface area contributed by atoms with Gasteiger partial charge in [0.05, 0.1) is 12.0 Å². The summed E-state index contributed by atoms with van der Waals surface area (Å²) in [6.07, 6.45) is 2.51. The quantitative estimate of drug-likeness (QED) is 0.590. The lowest BCUT2D eigenvalue weighted by Gasteiger charge is -2.16. The zero-order chi connectivity index (χ0) is 9.56. The van der Waals surface area contributed by atoms with Crippen molar-refractivity contribution in [1.82, 2.24) is 0 Å². The number of hydrogen-bond acceptors (Lipinski definition) is 2. The molecule has 0 aliphatic carbocycles. The summed E-state index contributed by atoms with van der Waals surface area (Å²) in [7, 11) is 0. The van der Waals surface area contributed by atoms with Gasteiger partial charge in [-0.05, 0) is 18.8 Å². The molecule has 2 nitrogen and oxygen atoms in total. The molecule has 0 fully saturated rings. The Morgan fingerprint density at radius 2 is 2.08 bits per heavy atom. The molecule has 0 N–H and O–H groups in total. The lowest BCUT2D eigenvalue weighted by Crippen LogP contribution is -2.15.